The number of rotatable bonds is 5. The number of aryl methyl sites for hydroxylation is 1. The standard InChI is InChI=1S/C23H27FN6O/c1-3-30(20-9-16-5-7-18(28-16)23(20)24)22-12-25-19(11-26-22)17-6-4-14(8-21(17)31)15-10-27-29(2)13-15/h4,6,8,10-13,16,18,20,23,28,31H,3,5,7,9H2,1-2H3/t16-,18+,20-,23+/m1/s1. The van der Waals surface area contributed by atoms with Gasteiger partial charge in [-0.2, -0.15) is 5.10 Å². The summed E-state index contributed by atoms with van der Waals surface area (Å²) in [5, 5.41) is 18.1. The average Bonchev–Trinajstić information content (AvgIpc) is 3.39. The zero-order valence-electron chi connectivity index (χ0n) is 17.7. The van der Waals surface area contributed by atoms with Gasteiger partial charge < -0.3 is 15.3 Å². The third-order valence-electron chi connectivity index (χ3n) is 6.54. The number of fused-ring (bicyclic) bond motifs is 2. The number of piperidine rings is 1. The van der Waals surface area contributed by atoms with E-state index in [1.807, 2.05) is 37.2 Å². The number of nitrogens with one attached hydrogen (secondary N) is 1. The van der Waals surface area contributed by atoms with Gasteiger partial charge in [0.1, 0.15) is 17.7 Å². The molecule has 0 spiro atoms. The highest BCUT2D eigenvalue weighted by Crippen LogP contribution is 2.35. The smallest absolute Gasteiger partial charge is 0.147 e. The number of aromatic hydroxyl groups is 1. The van der Waals surface area contributed by atoms with Gasteiger partial charge in [0, 0.05) is 43.0 Å². The van der Waals surface area contributed by atoms with Crippen LogP contribution in [0.15, 0.2) is 43.0 Å². The lowest BCUT2D eigenvalue weighted by atomic mass is 9.96. The molecule has 0 aliphatic carbocycles. The zero-order chi connectivity index (χ0) is 21.5. The Bertz CT molecular complexity index is 1070. The summed E-state index contributed by atoms with van der Waals surface area (Å²) >= 11 is 0. The molecule has 0 unspecified atom stereocenters. The minimum Gasteiger partial charge on any atom is -0.507 e. The first-order valence-corrected chi connectivity index (χ1v) is 10.8. The van der Waals surface area contributed by atoms with E-state index in [1.54, 1.807) is 29.3 Å². The first kappa shape index (κ1) is 19.9. The van der Waals surface area contributed by atoms with Crippen molar-refractivity contribution >= 4 is 5.82 Å². The van der Waals surface area contributed by atoms with Crippen molar-refractivity contribution in [2.75, 3.05) is 11.4 Å². The van der Waals surface area contributed by atoms with Crippen LogP contribution < -0.4 is 10.2 Å². The third kappa shape index (κ3) is 3.65. The molecule has 2 aliphatic heterocycles. The molecule has 2 aliphatic rings. The van der Waals surface area contributed by atoms with E-state index in [0.29, 0.717) is 29.7 Å². The number of nitrogens with zero attached hydrogens (tertiary/aromatic N) is 5. The summed E-state index contributed by atoms with van der Waals surface area (Å²) in [6, 6.07) is 5.62. The Balaban J connectivity index is 1.38. The van der Waals surface area contributed by atoms with E-state index < -0.39 is 6.17 Å². The molecule has 4 heterocycles. The first-order valence-electron chi connectivity index (χ1n) is 10.8. The highest BCUT2D eigenvalue weighted by molar-refractivity contribution is 5.73. The average molecular weight is 423 g/mol. The van der Waals surface area contributed by atoms with Gasteiger partial charge in [0.2, 0.25) is 0 Å². The zero-order valence-corrected chi connectivity index (χ0v) is 17.7. The van der Waals surface area contributed by atoms with Crippen LogP contribution in [0.25, 0.3) is 22.4 Å². The van der Waals surface area contributed by atoms with Crippen LogP contribution in [0.5, 0.6) is 5.75 Å². The second kappa shape index (κ2) is 7.92. The quantitative estimate of drug-likeness (QED) is 0.657. The van der Waals surface area contributed by atoms with Gasteiger partial charge in [0.05, 0.1) is 30.3 Å². The van der Waals surface area contributed by atoms with Gasteiger partial charge in [-0.3, -0.25) is 9.67 Å². The molecule has 2 aromatic heterocycles. The van der Waals surface area contributed by atoms with Crippen molar-refractivity contribution in [3.8, 4) is 28.1 Å². The second-order valence-corrected chi connectivity index (χ2v) is 8.48. The lowest BCUT2D eigenvalue weighted by Crippen LogP contribution is -2.56. The SMILES string of the molecule is CCN(c1cnc(-c2ccc(-c3cnn(C)c3)cc2O)cn1)[C@@H]1C[C@H]2CC[C@H](N2)[C@@H]1F. The van der Waals surface area contributed by atoms with Gasteiger partial charge in [-0.15, -0.1) is 0 Å². The fourth-order valence-electron chi connectivity index (χ4n) is 4.95. The predicted molar refractivity (Wildman–Crippen MR) is 118 cm³/mol. The van der Waals surface area contributed by atoms with E-state index in [2.05, 4.69) is 20.4 Å². The Morgan fingerprint density at radius 2 is 2.06 bits per heavy atom. The molecule has 1 aromatic carbocycles. The molecule has 2 fully saturated rings. The molecule has 7 nitrogen and oxygen atoms in total. The van der Waals surface area contributed by atoms with Crippen LogP contribution in [0.4, 0.5) is 10.2 Å². The molecule has 0 saturated carbocycles. The van der Waals surface area contributed by atoms with Crippen molar-refractivity contribution in [1.82, 2.24) is 25.1 Å². The Morgan fingerprint density at radius 1 is 1.19 bits per heavy atom. The number of aromatic nitrogens is 4. The summed E-state index contributed by atoms with van der Waals surface area (Å²) in [4.78, 5) is 11.2. The maximum absolute atomic E-state index is 15.0. The van der Waals surface area contributed by atoms with Crippen LogP contribution in [0, 0.1) is 0 Å². The number of phenolic OH excluding ortho intramolecular Hbond substituents is 1. The third-order valence-corrected chi connectivity index (χ3v) is 6.54. The fourth-order valence-corrected chi connectivity index (χ4v) is 4.95. The van der Waals surface area contributed by atoms with Gasteiger partial charge in [-0.25, -0.2) is 9.37 Å². The van der Waals surface area contributed by atoms with Gasteiger partial charge >= 0.3 is 0 Å². The highest BCUT2D eigenvalue weighted by atomic mass is 19.1. The number of anilines is 1. The summed E-state index contributed by atoms with van der Waals surface area (Å²) < 4.78 is 16.8. The number of hydrogen-bond acceptors (Lipinski definition) is 6. The number of alkyl halides is 1. The van der Waals surface area contributed by atoms with Crippen LogP contribution in [0.1, 0.15) is 26.2 Å². The Kier molecular flexibility index (Phi) is 5.09. The molecule has 0 amide bonds. The van der Waals surface area contributed by atoms with Crippen LogP contribution in [-0.4, -0.2) is 55.7 Å². The Labute approximate surface area is 180 Å². The van der Waals surface area contributed by atoms with E-state index in [9.17, 15) is 5.11 Å². The van der Waals surface area contributed by atoms with Crippen LogP contribution >= 0.6 is 0 Å². The van der Waals surface area contributed by atoms with Crippen molar-refractivity contribution in [3.05, 3.63) is 43.0 Å². The van der Waals surface area contributed by atoms with Crippen molar-refractivity contribution in [2.24, 2.45) is 7.05 Å². The summed E-state index contributed by atoms with van der Waals surface area (Å²) in [6.07, 6.45) is 8.80. The van der Waals surface area contributed by atoms with Crippen molar-refractivity contribution in [1.29, 1.82) is 0 Å². The molecule has 4 atom stereocenters. The van der Waals surface area contributed by atoms with Crippen LogP contribution in [0.2, 0.25) is 0 Å². The van der Waals surface area contributed by atoms with Crippen molar-refractivity contribution in [3.63, 3.8) is 0 Å². The Morgan fingerprint density at radius 3 is 2.74 bits per heavy atom. The molecule has 8 heteroatoms. The van der Waals surface area contributed by atoms with E-state index in [1.165, 1.54) is 0 Å². The van der Waals surface area contributed by atoms with Crippen LogP contribution in [0.3, 0.4) is 0 Å². The van der Waals surface area contributed by atoms with E-state index in [-0.39, 0.29) is 17.8 Å². The maximum Gasteiger partial charge on any atom is 0.147 e. The molecule has 31 heavy (non-hydrogen) atoms. The summed E-state index contributed by atoms with van der Waals surface area (Å²) in [5.74, 6) is 0.807. The van der Waals surface area contributed by atoms with E-state index >= 15 is 4.39 Å². The normalized spacial score (nSPS) is 25.0. The second-order valence-electron chi connectivity index (χ2n) is 8.48. The molecule has 5 rings (SSSR count). The van der Waals surface area contributed by atoms with Gasteiger partial charge in [0.25, 0.3) is 0 Å². The topological polar surface area (TPSA) is 79.1 Å². The summed E-state index contributed by atoms with van der Waals surface area (Å²) in [6.45, 7) is 2.69. The van der Waals surface area contributed by atoms with Crippen LogP contribution in [-0.2, 0) is 7.05 Å². The summed E-state index contributed by atoms with van der Waals surface area (Å²) in [7, 11) is 1.86. The molecule has 2 N–H and O–H groups in total. The molecule has 2 bridgehead atoms. The van der Waals surface area contributed by atoms with Gasteiger partial charge in [-0.1, -0.05) is 6.07 Å². The number of hydrogen-bond donors (Lipinski definition) is 2. The number of phenols is 1. The van der Waals surface area contributed by atoms with Gasteiger partial charge in [0.15, 0.2) is 0 Å². The lowest BCUT2D eigenvalue weighted by molar-refractivity contribution is 0.173. The maximum atomic E-state index is 15.0. The lowest BCUT2D eigenvalue weighted by Gasteiger charge is -2.40. The Hall–Kier alpha value is -3.00. The minimum atomic E-state index is -0.913. The highest BCUT2D eigenvalue weighted by Gasteiger charge is 2.44. The predicted octanol–water partition coefficient (Wildman–Crippen LogP) is 3.31. The molecule has 0 radical (unpaired) electrons. The minimum absolute atomic E-state index is 0.0553. The molecule has 162 valence electrons. The first-order chi connectivity index (χ1) is 15.0. The monoisotopic (exact) mass is 422 g/mol. The van der Waals surface area contributed by atoms with Gasteiger partial charge in [-0.05, 0) is 43.9 Å². The molecular formula is C23H27FN6O. The molecular weight excluding hydrogens is 395 g/mol. The molecule has 3 aromatic rings. The fraction of sp³-hybridized carbons (Fsp3) is 0.435. The van der Waals surface area contributed by atoms with Crippen molar-refractivity contribution in [2.45, 2.75) is 50.5 Å². The van der Waals surface area contributed by atoms with E-state index in [0.717, 1.165) is 30.4 Å². The van der Waals surface area contributed by atoms with Crippen molar-refractivity contribution < 1.29 is 9.50 Å². The summed E-state index contributed by atoms with van der Waals surface area (Å²) in [5.41, 5.74) is 3.00. The van der Waals surface area contributed by atoms with E-state index in [4.69, 9.17) is 0 Å². The number of halogens is 1. The molecule has 2 saturated heterocycles. The number of benzene rings is 1. The largest absolute Gasteiger partial charge is 0.507 e.